The van der Waals surface area contributed by atoms with Gasteiger partial charge in [0, 0.05) is 6.54 Å². The molecule has 1 aromatic rings. The number of halogens is 1. The number of aryl methyl sites for hydroxylation is 1. The van der Waals surface area contributed by atoms with E-state index in [1.165, 1.54) is 0 Å². The fourth-order valence-corrected chi connectivity index (χ4v) is 1.15. The van der Waals surface area contributed by atoms with E-state index >= 15 is 0 Å². The lowest BCUT2D eigenvalue weighted by Gasteiger charge is -2.05. The van der Waals surface area contributed by atoms with Crippen molar-refractivity contribution in [2.75, 3.05) is 0 Å². The largest absolute Gasteiger partial charge is 0.488 e. The second kappa shape index (κ2) is 5.24. The number of rotatable bonds is 2. The number of hydrogen-bond acceptors (Lipinski definition) is 3. The molecule has 0 saturated carbocycles. The third kappa shape index (κ3) is 3.01. The van der Waals surface area contributed by atoms with Crippen molar-refractivity contribution < 1.29 is 10.0 Å². The predicted molar refractivity (Wildman–Crippen MR) is 56.1 cm³/mol. The fourth-order valence-electron chi connectivity index (χ4n) is 1.15. The molecule has 0 spiro atoms. The molecule has 0 aliphatic rings. The van der Waals surface area contributed by atoms with Crippen molar-refractivity contribution in [3.63, 3.8) is 0 Å². The van der Waals surface area contributed by atoms with E-state index in [2.05, 4.69) is 0 Å². The van der Waals surface area contributed by atoms with Crippen LogP contribution in [0.15, 0.2) is 18.2 Å². The van der Waals surface area contributed by atoms with Gasteiger partial charge in [-0.15, -0.1) is 12.4 Å². The molecular formula is C8H13BClNO2. The van der Waals surface area contributed by atoms with Crippen molar-refractivity contribution in [3.05, 3.63) is 29.3 Å². The second-order valence-corrected chi connectivity index (χ2v) is 2.77. The first-order chi connectivity index (χ1) is 5.65. The quantitative estimate of drug-likeness (QED) is 0.568. The molecule has 1 rings (SSSR count). The summed E-state index contributed by atoms with van der Waals surface area (Å²) in [6.07, 6.45) is 0. The highest BCUT2D eigenvalue weighted by Gasteiger charge is 2.12. The maximum atomic E-state index is 8.89. The monoisotopic (exact) mass is 201 g/mol. The summed E-state index contributed by atoms with van der Waals surface area (Å²) in [5.41, 5.74) is 7.81. The van der Waals surface area contributed by atoms with Gasteiger partial charge in [-0.2, -0.15) is 0 Å². The van der Waals surface area contributed by atoms with E-state index in [9.17, 15) is 0 Å². The average Bonchev–Trinajstić information content (AvgIpc) is 2.03. The minimum atomic E-state index is -1.39. The van der Waals surface area contributed by atoms with Crippen LogP contribution < -0.4 is 11.2 Å². The molecule has 0 amide bonds. The molecule has 5 heteroatoms. The van der Waals surface area contributed by atoms with E-state index in [1.54, 1.807) is 12.1 Å². The number of benzene rings is 1. The van der Waals surface area contributed by atoms with Crippen molar-refractivity contribution >= 4 is 25.0 Å². The summed E-state index contributed by atoms with van der Waals surface area (Å²) in [7, 11) is -1.39. The van der Waals surface area contributed by atoms with Gasteiger partial charge in [-0.25, -0.2) is 0 Å². The Morgan fingerprint density at radius 3 is 2.38 bits per heavy atom. The smallest absolute Gasteiger partial charge is 0.423 e. The summed E-state index contributed by atoms with van der Waals surface area (Å²) in [5.74, 6) is 0. The van der Waals surface area contributed by atoms with E-state index in [1.807, 2.05) is 13.0 Å². The molecule has 4 N–H and O–H groups in total. The molecule has 1 aromatic carbocycles. The molecule has 0 radical (unpaired) electrons. The van der Waals surface area contributed by atoms with Crippen molar-refractivity contribution in [1.29, 1.82) is 0 Å². The SMILES string of the molecule is Cc1cc(CN)ccc1B(O)O.Cl. The summed E-state index contributed by atoms with van der Waals surface area (Å²) in [4.78, 5) is 0. The van der Waals surface area contributed by atoms with Crippen LogP contribution in [0.1, 0.15) is 11.1 Å². The molecule has 0 heterocycles. The molecule has 0 aliphatic heterocycles. The standard InChI is InChI=1S/C8H12BNO2.ClH/c1-6-4-7(5-10)2-3-8(6)9(11)12;/h2-4,11-12H,5,10H2,1H3;1H. The zero-order valence-electron chi connectivity index (χ0n) is 7.40. The predicted octanol–water partition coefficient (Wildman–Crippen LogP) is -0.445. The molecule has 0 aliphatic carbocycles. The van der Waals surface area contributed by atoms with E-state index in [-0.39, 0.29) is 12.4 Å². The first-order valence-corrected chi connectivity index (χ1v) is 3.80. The van der Waals surface area contributed by atoms with E-state index in [0.29, 0.717) is 12.0 Å². The molecule has 0 bridgehead atoms. The van der Waals surface area contributed by atoms with Gasteiger partial charge in [0.1, 0.15) is 0 Å². The van der Waals surface area contributed by atoms with Gasteiger partial charge in [-0.05, 0) is 17.9 Å². The minimum Gasteiger partial charge on any atom is -0.423 e. The topological polar surface area (TPSA) is 66.5 Å². The van der Waals surface area contributed by atoms with E-state index < -0.39 is 7.12 Å². The van der Waals surface area contributed by atoms with Gasteiger partial charge in [0.25, 0.3) is 0 Å². The van der Waals surface area contributed by atoms with Crippen molar-refractivity contribution in [2.45, 2.75) is 13.5 Å². The average molecular weight is 201 g/mol. The normalized spacial score (nSPS) is 9.23. The first-order valence-electron chi connectivity index (χ1n) is 3.80. The Kier molecular flexibility index (Phi) is 5.02. The number of hydrogen-bond donors (Lipinski definition) is 3. The molecule has 0 aromatic heterocycles. The highest BCUT2D eigenvalue weighted by molar-refractivity contribution is 6.59. The summed E-state index contributed by atoms with van der Waals surface area (Å²) in [6.45, 7) is 2.30. The van der Waals surface area contributed by atoms with Crippen LogP contribution in [0, 0.1) is 6.92 Å². The molecule has 0 atom stereocenters. The maximum absolute atomic E-state index is 8.89. The van der Waals surface area contributed by atoms with Gasteiger partial charge in [0.2, 0.25) is 0 Å². The van der Waals surface area contributed by atoms with Gasteiger partial charge < -0.3 is 15.8 Å². The highest BCUT2D eigenvalue weighted by atomic mass is 35.5. The van der Waals surface area contributed by atoms with Crippen LogP contribution >= 0.6 is 12.4 Å². The molecule has 0 saturated heterocycles. The van der Waals surface area contributed by atoms with Gasteiger partial charge in [0.05, 0.1) is 0 Å². The summed E-state index contributed by atoms with van der Waals surface area (Å²) in [6, 6.07) is 5.33. The Bertz CT molecular complexity index is 281. The molecular weight excluding hydrogens is 188 g/mol. The van der Waals surface area contributed by atoms with Crippen LogP contribution in [0.5, 0.6) is 0 Å². The molecule has 13 heavy (non-hydrogen) atoms. The van der Waals surface area contributed by atoms with Gasteiger partial charge in [0.15, 0.2) is 0 Å². The third-order valence-corrected chi connectivity index (χ3v) is 1.85. The van der Waals surface area contributed by atoms with Crippen LogP contribution in [0.3, 0.4) is 0 Å². The zero-order chi connectivity index (χ0) is 9.14. The van der Waals surface area contributed by atoms with Crippen LogP contribution in [-0.2, 0) is 6.54 Å². The van der Waals surface area contributed by atoms with Crippen LogP contribution in [0.4, 0.5) is 0 Å². The lowest BCUT2D eigenvalue weighted by molar-refractivity contribution is 0.425. The lowest BCUT2D eigenvalue weighted by atomic mass is 9.77. The Morgan fingerprint density at radius 2 is 2.00 bits per heavy atom. The van der Waals surface area contributed by atoms with Crippen LogP contribution in [0.25, 0.3) is 0 Å². The molecule has 0 fully saturated rings. The van der Waals surface area contributed by atoms with E-state index in [0.717, 1.165) is 11.1 Å². The highest BCUT2D eigenvalue weighted by Crippen LogP contribution is 2.01. The van der Waals surface area contributed by atoms with Crippen LogP contribution in [-0.4, -0.2) is 17.2 Å². The van der Waals surface area contributed by atoms with E-state index in [4.69, 9.17) is 15.8 Å². The molecule has 0 unspecified atom stereocenters. The van der Waals surface area contributed by atoms with Crippen molar-refractivity contribution in [3.8, 4) is 0 Å². The Balaban J connectivity index is 0.00000144. The molecule has 72 valence electrons. The summed E-state index contributed by atoms with van der Waals surface area (Å²) < 4.78 is 0. The Hall–Kier alpha value is -0.545. The minimum absolute atomic E-state index is 0. The number of nitrogens with two attached hydrogens (primary N) is 1. The second-order valence-electron chi connectivity index (χ2n) is 2.77. The lowest BCUT2D eigenvalue weighted by Crippen LogP contribution is -2.32. The van der Waals surface area contributed by atoms with Gasteiger partial charge in [-0.1, -0.05) is 23.8 Å². The van der Waals surface area contributed by atoms with Gasteiger partial charge in [-0.3, -0.25) is 0 Å². The van der Waals surface area contributed by atoms with Crippen molar-refractivity contribution in [2.24, 2.45) is 5.73 Å². The Morgan fingerprint density at radius 1 is 1.38 bits per heavy atom. The summed E-state index contributed by atoms with van der Waals surface area (Å²) >= 11 is 0. The Labute approximate surface area is 84.1 Å². The van der Waals surface area contributed by atoms with Crippen molar-refractivity contribution in [1.82, 2.24) is 0 Å². The van der Waals surface area contributed by atoms with Gasteiger partial charge >= 0.3 is 7.12 Å². The summed E-state index contributed by atoms with van der Waals surface area (Å²) in [5, 5.41) is 17.8. The zero-order valence-corrected chi connectivity index (χ0v) is 8.21. The van der Waals surface area contributed by atoms with Crippen LogP contribution in [0.2, 0.25) is 0 Å². The first kappa shape index (κ1) is 12.5. The maximum Gasteiger partial charge on any atom is 0.488 e. The third-order valence-electron chi connectivity index (χ3n) is 1.85. The molecule has 3 nitrogen and oxygen atoms in total. The fraction of sp³-hybridized carbons (Fsp3) is 0.250.